The fourth-order valence-electron chi connectivity index (χ4n) is 0.870. The van der Waals surface area contributed by atoms with Gasteiger partial charge in [0.15, 0.2) is 0 Å². The van der Waals surface area contributed by atoms with Crippen LogP contribution in [0.5, 0.6) is 0 Å². The minimum absolute atomic E-state index is 0.108. The minimum Gasteiger partial charge on any atom is -0.481 e. The fourth-order valence-corrected chi connectivity index (χ4v) is 0.870. The molecule has 0 aliphatic carbocycles. The average Bonchev–Trinajstić information content (AvgIpc) is 2.04. The van der Waals surface area contributed by atoms with Crippen molar-refractivity contribution in [3.05, 3.63) is 12.7 Å². The van der Waals surface area contributed by atoms with Gasteiger partial charge < -0.3 is 10.0 Å². The molecule has 74 valence electrons. The molecule has 0 aromatic rings. The summed E-state index contributed by atoms with van der Waals surface area (Å²) in [6, 6.07) is 0. The van der Waals surface area contributed by atoms with Gasteiger partial charge in [0, 0.05) is 20.0 Å². The molecule has 4 heteroatoms. The first-order chi connectivity index (χ1) is 5.99. The molecule has 1 unspecified atom stereocenters. The standard InChI is InChI=1S/C9H15NO3/c1-4-5-8(11)10(3)6-7(2)9(12)13/h4,7H,1,5-6H2,2-3H3,(H,12,13). The van der Waals surface area contributed by atoms with Crippen molar-refractivity contribution in [1.82, 2.24) is 4.90 Å². The Labute approximate surface area is 77.8 Å². The number of hydrogen-bond donors (Lipinski definition) is 1. The van der Waals surface area contributed by atoms with E-state index in [1.54, 1.807) is 14.0 Å². The van der Waals surface area contributed by atoms with Crippen LogP contribution in [0.3, 0.4) is 0 Å². The van der Waals surface area contributed by atoms with Gasteiger partial charge in [-0.3, -0.25) is 9.59 Å². The van der Waals surface area contributed by atoms with Crippen molar-refractivity contribution >= 4 is 11.9 Å². The highest BCUT2D eigenvalue weighted by atomic mass is 16.4. The SMILES string of the molecule is C=CCC(=O)N(C)CC(C)C(=O)O. The molecule has 0 saturated carbocycles. The molecule has 0 heterocycles. The molecule has 0 aromatic heterocycles. The van der Waals surface area contributed by atoms with E-state index >= 15 is 0 Å². The van der Waals surface area contributed by atoms with E-state index in [4.69, 9.17) is 5.11 Å². The average molecular weight is 185 g/mol. The molecule has 0 fully saturated rings. The van der Waals surface area contributed by atoms with Gasteiger partial charge in [0.1, 0.15) is 0 Å². The van der Waals surface area contributed by atoms with Gasteiger partial charge in [0.25, 0.3) is 0 Å². The summed E-state index contributed by atoms with van der Waals surface area (Å²) in [5.74, 6) is -1.53. The van der Waals surface area contributed by atoms with Crippen LogP contribution in [0.2, 0.25) is 0 Å². The summed E-state index contributed by atoms with van der Waals surface area (Å²) < 4.78 is 0. The first kappa shape index (κ1) is 11.7. The summed E-state index contributed by atoms with van der Waals surface area (Å²) >= 11 is 0. The Morgan fingerprint density at radius 3 is 2.54 bits per heavy atom. The smallest absolute Gasteiger partial charge is 0.308 e. The van der Waals surface area contributed by atoms with E-state index in [1.807, 2.05) is 0 Å². The van der Waals surface area contributed by atoms with Crippen molar-refractivity contribution in [3.63, 3.8) is 0 Å². The second-order valence-corrected chi connectivity index (χ2v) is 3.01. The van der Waals surface area contributed by atoms with Crippen LogP contribution < -0.4 is 0 Å². The van der Waals surface area contributed by atoms with Crippen LogP contribution in [0.15, 0.2) is 12.7 Å². The van der Waals surface area contributed by atoms with Gasteiger partial charge in [-0.15, -0.1) is 6.58 Å². The van der Waals surface area contributed by atoms with Gasteiger partial charge in [0.05, 0.1) is 5.92 Å². The number of carbonyl (C=O) groups excluding carboxylic acids is 1. The number of carbonyl (C=O) groups is 2. The predicted octanol–water partition coefficient (Wildman–Crippen LogP) is 0.742. The first-order valence-corrected chi connectivity index (χ1v) is 4.06. The molecule has 0 rings (SSSR count). The number of amides is 1. The number of carboxylic acids is 1. The lowest BCUT2D eigenvalue weighted by Crippen LogP contribution is -2.33. The van der Waals surface area contributed by atoms with E-state index < -0.39 is 11.9 Å². The second-order valence-electron chi connectivity index (χ2n) is 3.01. The fraction of sp³-hybridized carbons (Fsp3) is 0.556. The van der Waals surface area contributed by atoms with E-state index in [0.29, 0.717) is 0 Å². The molecular formula is C9H15NO3. The summed E-state index contributed by atoms with van der Waals surface area (Å²) in [5, 5.41) is 8.58. The maximum absolute atomic E-state index is 11.2. The van der Waals surface area contributed by atoms with Crippen LogP contribution >= 0.6 is 0 Å². The van der Waals surface area contributed by atoms with Crippen LogP contribution in [0.1, 0.15) is 13.3 Å². The lowest BCUT2D eigenvalue weighted by atomic mass is 10.2. The zero-order valence-electron chi connectivity index (χ0n) is 7.99. The Bertz CT molecular complexity index is 213. The molecule has 0 aliphatic heterocycles. The third-order valence-corrected chi connectivity index (χ3v) is 1.71. The molecule has 0 spiro atoms. The Hall–Kier alpha value is -1.32. The summed E-state index contributed by atoms with van der Waals surface area (Å²) in [6.07, 6.45) is 1.76. The van der Waals surface area contributed by atoms with Gasteiger partial charge in [-0.05, 0) is 0 Å². The van der Waals surface area contributed by atoms with Crippen LogP contribution in [0.4, 0.5) is 0 Å². The molecule has 4 nitrogen and oxygen atoms in total. The number of hydrogen-bond acceptors (Lipinski definition) is 2. The van der Waals surface area contributed by atoms with Crippen molar-refractivity contribution < 1.29 is 14.7 Å². The zero-order chi connectivity index (χ0) is 10.4. The van der Waals surface area contributed by atoms with Gasteiger partial charge in [-0.25, -0.2) is 0 Å². The van der Waals surface area contributed by atoms with Gasteiger partial charge in [0.2, 0.25) is 5.91 Å². The molecule has 0 aliphatic rings. The molecule has 1 N–H and O–H groups in total. The normalized spacial score (nSPS) is 11.8. The van der Waals surface area contributed by atoms with Crippen molar-refractivity contribution in [2.24, 2.45) is 5.92 Å². The van der Waals surface area contributed by atoms with Crippen LogP contribution in [0.25, 0.3) is 0 Å². The van der Waals surface area contributed by atoms with E-state index in [-0.39, 0.29) is 18.9 Å². The summed E-state index contributed by atoms with van der Waals surface area (Å²) in [4.78, 5) is 23.0. The van der Waals surface area contributed by atoms with Crippen molar-refractivity contribution in [2.45, 2.75) is 13.3 Å². The number of aliphatic carboxylic acids is 1. The summed E-state index contributed by atoms with van der Waals surface area (Å²) in [7, 11) is 1.59. The van der Waals surface area contributed by atoms with Crippen LogP contribution in [0, 0.1) is 5.92 Å². The minimum atomic E-state index is -0.891. The van der Waals surface area contributed by atoms with E-state index in [1.165, 1.54) is 11.0 Å². The predicted molar refractivity (Wildman–Crippen MR) is 49.3 cm³/mol. The summed E-state index contributed by atoms with van der Waals surface area (Å²) in [6.45, 7) is 5.24. The lowest BCUT2D eigenvalue weighted by molar-refractivity contribution is -0.142. The Kier molecular flexibility index (Phi) is 4.80. The Morgan fingerprint density at radius 1 is 1.62 bits per heavy atom. The molecule has 0 bridgehead atoms. The molecule has 0 aromatic carbocycles. The molecule has 0 radical (unpaired) electrons. The number of carboxylic acid groups (broad SMARTS) is 1. The van der Waals surface area contributed by atoms with Gasteiger partial charge in [-0.2, -0.15) is 0 Å². The highest BCUT2D eigenvalue weighted by Gasteiger charge is 2.15. The monoisotopic (exact) mass is 185 g/mol. The van der Waals surface area contributed by atoms with E-state index in [2.05, 4.69) is 6.58 Å². The molecule has 13 heavy (non-hydrogen) atoms. The largest absolute Gasteiger partial charge is 0.481 e. The van der Waals surface area contributed by atoms with Crippen molar-refractivity contribution in [1.29, 1.82) is 0 Å². The first-order valence-electron chi connectivity index (χ1n) is 4.06. The van der Waals surface area contributed by atoms with Gasteiger partial charge >= 0.3 is 5.97 Å². The topological polar surface area (TPSA) is 57.6 Å². The lowest BCUT2D eigenvalue weighted by Gasteiger charge is -2.18. The quantitative estimate of drug-likeness (QED) is 0.643. The van der Waals surface area contributed by atoms with Crippen molar-refractivity contribution in [3.8, 4) is 0 Å². The maximum Gasteiger partial charge on any atom is 0.308 e. The molecule has 1 amide bonds. The molecule has 1 atom stereocenters. The highest BCUT2D eigenvalue weighted by Crippen LogP contribution is 2.00. The zero-order valence-corrected chi connectivity index (χ0v) is 7.99. The maximum atomic E-state index is 11.2. The molecular weight excluding hydrogens is 170 g/mol. The van der Waals surface area contributed by atoms with Gasteiger partial charge in [-0.1, -0.05) is 13.0 Å². The van der Waals surface area contributed by atoms with Crippen LogP contribution in [-0.4, -0.2) is 35.5 Å². The highest BCUT2D eigenvalue weighted by molar-refractivity contribution is 5.78. The Morgan fingerprint density at radius 2 is 2.15 bits per heavy atom. The molecule has 0 saturated heterocycles. The Balaban J connectivity index is 3.98. The second kappa shape index (κ2) is 5.35. The third-order valence-electron chi connectivity index (χ3n) is 1.71. The third kappa shape index (κ3) is 4.30. The van der Waals surface area contributed by atoms with E-state index in [0.717, 1.165) is 0 Å². The number of rotatable bonds is 5. The number of nitrogens with zero attached hydrogens (tertiary/aromatic N) is 1. The van der Waals surface area contributed by atoms with Crippen LogP contribution in [-0.2, 0) is 9.59 Å². The summed E-state index contributed by atoms with van der Waals surface area (Å²) in [5.41, 5.74) is 0. The van der Waals surface area contributed by atoms with Crippen molar-refractivity contribution in [2.75, 3.05) is 13.6 Å². The van der Waals surface area contributed by atoms with E-state index in [9.17, 15) is 9.59 Å².